The van der Waals surface area contributed by atoms with Crippen LogP contribution < -0.4 is 10.1 Å². The number of rotatable bonds is 6. The van der Waals surface area contributed by atoms with Crippen molar-refractivity contribution in [1.29, 1.82) is 0 Å². The quantitative estimate of drug-likeness (QED) is 0.834. The van der Waals surface area contributed by atoms with Gasteiger partial charge in [0.1, 0.15) is 11.6 Å². The van der Waals surface area contributed by atoms with Gasteiger partial charge in [0, 0.05) is 12.2 Å². The second kappa shape index (κ2) is 6.94. The first-order valence-electron chi connectivity index (χ1n) is 6.91. The van der Waals surface area contributed by atoms with Gasteiger partial charge >= 0.3 is 0 Å². The lowest BCUT2D eigenvalue weighted by Crippen LogP contribution is -2.00. The molecule has 106 valence electrons. The van der Waals surface area contributed by atoms with E-state index in [2.05, 4.69) is 12.2 Å². The molecule has 20 heavy (non-hydrogen) atoms. The van der Waals surface area contributed by atoms with Gasteiger partial charge in [-0.25, -0.2) is 4.39 Å². The van der Waals surface area contributed by atoms with E-state index in [0.29, 0.717) is 12.1 Å². The fourth-order valence-electron chi connectivity index (χ4n) is 1.91. The minimum absolute atomic E-state index is 0.161. The predicted octanol–water partition coefficient (Wildman–Crippen LogP) is 4.54. The third kappa shape index (κ3) is 3.98. The molecule has 2 aromatic rings. The van der Waals surface area contributed by atoms with E-state index >= 15 is 0 Å². The van der Waals surface area contributed by atoms with E-state index in [9.17, 15) is 4.39 Å². The van der Waals surface area contributed by atoms with Gasteiger partial charge in [0.2, 0.25) is 0 Å². The minimum atomic E-state index is -0.161. The number of aryl methyl sites for hydroxylation is 1. The molecular formula is C17H20FNO. The number of anilines is 1. The molecule has 0 radical (unpaired) electrons. The molecule has 0 saturated heterocycles. The van der Waals surface area contributed by atoms with Crippen LogP contribution in [0.1, 0.15) is 24.5 Å². The Balaban J connectivity index is 1.91. The van der Waals surface area contributed by atoms with Crippen molar-refractivity contribution >= 4 is 5.69 Å². The van der Waals surface area contributed by atoms with E-state index in [1.807, 2.05) is 30.3 Å². The van der Waals surface area contributed by atoms with Gasteiger partial charge < -0.3 is 10.1 Å². The van der Waals surface area contributed by atoms with E-state index < -0.39 is 0 Å². The second-order valence-electron chi connectivity index (χ2n) is 4.81. The molecule has 2 nitrogen and oxygen atoms in total. The van der Waals surface area contributed by atoms with Crippen LogP contribution in [-0.4, -0.2) is 6.61 Å². The molecule has 2 aromatic carbocycles. The van der Waals surface area contributed by atoms with E-state index in [1.165, 1.54) is 6.07 Å². The molecule has 0 aromatic heterocycles. The highest BCUT2D eigenvalue weighted by atomic mass is 19.1. The summed E-state index contributed by atoms with van der Waals surface area (Å²) in [7, 11) is 0. The average Bonchev–Trinajstić information content (AvgIpc) is 2.47. The van der Waals surface area contributed by atoms with Crippen molar-refractivity contribution in [2.24, 2.45) is 0 Å². The van der Waals surface area contributed by atoms with E-state index in [-0.39, 0.29) is 5.82 Å². The van der Waals surface area contributed by atoms with E-state index in [4.69, 9.17) is 4.74 Å². The van der Waals surface area contributed by atoms with Gasteiger partial charge in [0.15, 0.2) is 0 Å². The van der Waals surface area contributed by atoms with Gasteiger partial charge in [0.05, 0.1) is 6.61 Å². The van der Waals surface area contributed by atoms with Crippen LogP contribution in [-0.2, 0) is 6.54 Å². The number of halogens is 1. The zero-order chi connectivity index (χ0) is 14.4. The molecule has 0 aliphatic heterocycles. The van der Waals surface area contributed by atoms with Crippen molar-refractivity contribution < 1.29 is 9.13 Å². The molecule has 0 spiro atoms. The lowest BCUT2D eigenvalue weighted by atomic mass is 10.1. The largest absolute Gasteiger partial charge is 0.494 e. The van der Waals surface area contributed by atoms with Crippen molar-refractivity contribution in [3.05, 3.63) is 59.4 Å². The molecule has 0 atom stereocenters. The summed E-state index contributed by atoms with van der Waals surface area (Å²) in [6.45, 7) is 5.28. The van der Waals surface area contributed by atoms with Crippen LogP contribution in [0.15, 0.2) is 42.5 Å². The summed E-state index contributed by atoms with van der Waals surface area (Å²) >= 11 is 0. The molecular weight excluding hydrogens is 253 g/mol. The van der Waals surface area contributed by atoms with Crippen LogP contribution in [0.3, 0.4) is 0 Å². The van der Waals surface area contributed by atoms with E-state index in [1.54, 1.807) is 13.0 Å². The van der Waals surface area contributed by atoms with Gasteiger partial charge in [-0.2, -0.15) is 0 Å². The summed E-state index contributed by atoms with van der Waals surface area (Å²) in [5.74, 6) is 0.723. The molecule has 0 aliphatic rings. The maximum atomic E-state index is 13.2. The highest BCUT2D eigenvalue weighted by Crippen LogP contribution is 2.17. The Morgan fingerprint density at radius 2 is 1.85 bits per heavy atom. The standard InChI is InChI=1S/C17H20FNO/c1-3-10-20-16-7-5-15(6-8-16)19-12-14-4-9-17(18)13(2)11-14/h4-9,11,19H,3,10,12H2,1-2H3. The minimum Gasteiger partial charge on any atom is -0.494 e. The first-order chi connectivity index (χ1) is 9.69. The van der Waals surface area contributed by atoms with Gasteiger partial charge in [-0.15, -0.1) is 0 Å². The molecule has 0 amide bonds. The molecule has 2 rings (SSSR count). The maximum Gasteiger partial charge on any atom is 0.126 e. The van der Waals surface area contributed by atoms with Crippen LogP contribution in [0.5, 0.6) is 5.75 Å². The Labute approximate surface area is 119 Å². The monoisotopic (exact) mass is 273 g/mol. The van der Waals surface area contributed by atoms with Crippen LogP contribution in [0, 0.1) is 12.7 Å². The van der Waals surface area contributed by atoms with Gasteiger partial charge in [-0.3, -0.25) is 0 Å². The molecule has 0 unspecified atom stereocenters. The first-order valence-corrected chi connectivity index (χ1v) is 6.91. The first kappa shape index (κ1) is 14.4. The average molecular weight is 273 g/mol. The summed E-state index contributed by atoms with van der Waals surface area (Å²) in [6, 6.07) is 13.0. The molecule has 0 fully saturated rings. The number of hydrogen-bond acceptors (Lipinski definition) is 2. The van der Waals surface area contributed by atoms with Crippen LogP contribution in [0.2, 0.25) is 0 Å². The van der Waals surface area contributed by atoms with Crippen LogP contribution in [0.4, 0.5) is 10.1 Å². The van der Waals surface area contributed by atoms with Crippen LogP contribution >= 0.6 is 0 Å². The third-order valence-electron chi connectivity index (χ3n) is 3.05. The van der Waals surface area contributed by atoms with Gasteiger partial charge in [-0.05, 0) is 54.8 Å². The van der Waals surface area contributed by atoms with E-state index in [0.717, 1.165) is 30.0 Å². The summed E-state index contributed by atoms with van der Waals surface area (Å²) in [6.07, 6.45) is 1.00. The Kier molecular flexibility index (Phi) is 4.99. The Bertz CT molecular complexity index is 551. The number of benzene rings is 2. The summed E-state index contributed by atoms with van der Waals surface area (Å²) < 4.78 is 18.7. The third-order valence-corrected chi connectivity index (χ3v) is 3.05. The predicted molar refractivity (Wildman–Crippen MR) is 80.7 cm³/mol. The number of hydrogen-bond donors (Lipinski definition) is 1. The smallest absolute Gasteiger partial charge is 0.126 e. The summed E-state index contributed by atoms with van der Waals surface area (Å²) in [4.78, 5) is 0. The van der Waals surface area contributed by atoms with Gasteiger partial charge in [-0.1, -0.05) is 19.1 Å². The lowest BCUT2D eigenvalue weighted by molar-refractivity contribution is 0.317. The molecule has 0 bridgehead atoms. The molecule has 0 saturated carbocycles. The highest BCUT2D eigenvalue weighted by molar-refractivity contribution is 5.47. The fraction of sp³-hybridized carbons (Fsp3) is 0.294. The van der Waals surface area contributed by atoms with Crippen molar-refractivity contribution in [1.82, 2.24) is 0 Å². The molecule has 0 heterocycles. The van der Waals surface area contributed by atoms with Crippen molar-refractivity contribution in [3.8, 4) is 5.75 Å². The molecule has 1 N–H and O–H groups in total. The normalized spacial score (nSPS) is 10.3. The number of ether oxygens (including phenoxy) is 1. The summed E-state index contributed by atoms with van der Waals surface area (Å²) in [5, 5.41) is 3.31. The highest BCUT2D eigenvalue weighted by Gasteiger charge is 2.00. The van der Waals surface area contributed by atoms with Crippen molar-refractivity contribution in [2.45, 2.75) is 26.8 Å². The number of nitrogens with one attached hydrogen (secondary N) is 1. The Morgan fingerprint density at radius 1 is 1.10 bits per heavy atom. The maximum absolute atomic E-state index is 13.2. The van der Waals surface area contributed by atoms with Crippen LogP contribution in [0.25, 0.3) is 0 Å². The fourth-order valence-corrected chi connectivity index (χ4v) is 1.91. The lowest BCUT2D eigenvalue weighted by Gasteiger charge is -2.09. The topological polar surface area (TPSA) is 21.3 Å². The molecule has 3 heteroatoms. The van der Waals surface area contributed by atoms with Crippen molar-refractivity contribution in [3.63, 3.8) is 0 Å². The zero-order valence-electron chi connectivity index (χ0n) is 11.9. The Hall–Kier alpha value is -2.03. The van der Waals surface area contributed by atoms with Crippen molar-refractivity contribution in [2.75, 3.05) is 11.9 Å². The second-order valence-corrected chi connectivity index (χ2v) is 4.81. The summed E-state index contributed by atoms with van der Waals surface area (Å²) in [5.41, 5.74) is 2.76. The Morgan fingerprint density at radius 3 is 2.50 bits per heavy atom. The molecule has 0 aliphatic carbocycles. The zero-order valence-corrected chi connectivity index (χ0v) is 11.9. The van der Waals surface area contributed by atoms with Gasteiger partial charge in [0.25, 0.3) is 0 Å². The SMILES string of the molecule is CCCOc1ccc(NCc2ccc(F)c(C)c2)cc1.